The largest absolute Gasteiger partial charge is 0.507 e. The van der Waals surface area contributed by atoms with Crippen molar-refractivity contribution < 1.29 is 38.7 Å². The lowest BCUT2D eigenvalue weighted by molar-refractivity contribution is -0.141. The molecular weight excluding hydrogens is 1160 g/mol. The number of hydrogen-bond acceptors (Lipinski definition) is 14. The van der Waals surface area contributed by atoms with Crippen molar-refractivity contribution in [3.05, 3.63) is 280 Å². The highest BCUT2D eigenvalue weighted by molar-refractivity contribution is 5.87. The van der Waals surface area contributed by atoms with Gasteiger partial charge in [0.15, 0.2) is 34.9 Å². The minimum atomic E-state index is -0.528. The number of aromatic nitrogens is 6. The van der Waals surface area contributed by atoms with Crippen LogP contribution in [0.1, 0.15) is 20.8 Å². The predicted molar refractivity (Wildman–Crippen MR) is 364 cm³/mol. The third-order valence-corrected chi connectivity index (χ3v) is 14.8. The smallest absolute Gasteiger partial charge is 0.333 e. The van der Waals surface area contributed by atoms with Gasteiger partial charge in [-0.1, -0.05) is 232 Å². The Bertz CT molecular complexity index is 4360. The second-order valence-corrected chi connectivity index (χ2v) is 21.8. The van der Waals surface area contributed by atoms with E-state index in [1.807, 2.05) is 170 Å². The molecule has 0 amide bonds. The highest BCUT2D eigenvalue weighted by Gasteiger charge is 2.20. The van der Waals surface area contributed by atoms with Crippen molar-refractivity contribution in [1.29, 1.82) is 0 Å². The molecule has 0 aliphatic rings. The summed E-state index contributed by atoms with van der Waals surface area (Å²) in [7, 11) is 0. The number of aromatic hydroxyl groups is 2. The van der Waals surface area contributed by atoms with Crippen molar-refractivity contribution in [1.82, 2.24) is 29.9 Å². The predicted octanol–water partition coefficient (Wildman–Crippen LogP) is 17.2. The molecule has 2 N–H and O–H groups in total. The van der Waals surface area contributed by atoms with Crippen LogP contribution in [0.2, 0.25) is 0 Å². The summed E-state index contributed by atoms with van der Waals surface area (Å²) in [4.78, 5) is 52.0. The first kappa shape index (κ1) is 62.4. The van der Waals surface area contributed by atoms with Crippen LogP contribution in [0.15, 0.2) is 280 Å². The van der Waals surface area contributed by atoms with E-state index < -0.39 is 24.1 Å². The summed E-state index contributed by atoms with van der Waals surface area (Å²) in [6.45, 7) is 12.2. The molecule has 14 nitrogen and oxygen atoms in total. The van der Waals surface area contributed by atoms with Gasteiger partial charge >= 0.3 is 11.9 Å². The van der Waals surface area contributed by atoms with Crippen LogP contribution in [0.4, 0.5) is 0 Å². The molecule has 0 aliphatic heterocycles. The van der Waals surface area contributed by atoms with Crippen LogP contribution < -0.4 is 9.47 Å². The highest BCUT2D eigenvalue weighted by Crippen LogP contribution is 2.37. The van der Waals surface area contributed by atoms with Crippen LogP contribution >= 0.6 is 0 Å². The molecule has 0 radical (unpaired) electrons. The molecule has 0 spiro atoms. The van der Waals surface area contributed by atoms with E-state index in [1.165, 1.54) is 12.1 Å². The molecule has 12 rings (SSSR count). The molecule has 2 aromatic heterocycles. The SMILES string of the molecule is C=C(C)C(=O)OCC(C)Oc1ccc(-c2nc(-c3ccc(-c4ccccc4)cc3)nc(-c3ccc(-c4ccccc4)cc3)n2)c(O)c1.C=CC(=O)OCC(C)Oc1ccc(-c2nc(-c3ccc(-c4ccccc4)cc3)nc(-c3ccc(-c4ccccc4)cc3)n2)c(O)c1. The fourth-order valence-electron chi connectivity index (χ4n) is 9.93. The molecule has 0 fully saturated rings. The monoisotopic (exact) mass is 1220 g/mol. The molecular formula is C79H64N6O8. The van der Waals surface area contributed by atoms with Crippen molar-refractivity contribution >= 4 is 11.9 Å². The minimum absolute atomic E-state index is 0.0413. The maximum atomic E-state index is 11.7. The molecule has 0 bridgehead atoms. The van der Waals surface area contributed by atoms with Crippen LogP contribution in [0.25, 0.3) is 113 Å². The van der Waals surface area contributed by atoms with Crippen LogP contribution in [0.3, 0.4) is 0 Å². The van der Waals surface area contributed by atoms with Crippen molar-refractivity contribution in [2.75, 3.05) is 13.2 Å². The van der Waals surface area contributed by atoms with E-state index >= 15 is 0 Å². The van der Waals surface area contributed by atoms with Crippen LogP contribution in [0.5, 0.6) is 23.0 Å². The summed E-state index contributed by atoms with van der Waals surface area (Å²) >= 11 is 0. The van der Waals surface area contributed by atoms with Gasteiger partial charge in [0.1, 0.15) is 48.4 Å². The molecule has 0 saturated carbocycles. The highest BCUT2D eigenvalue weighted by atomic mass is 16.6. The van der Waals surface area contributed by atoms with E-state index in [0.717, 1.165) is 72.8 Å². The topological polar surface area (TPSA) is 189 Å². The molecule has 2 heterocycles. The first-order chi connectivity index (χ1) is 45.3. The number of phenolic OH excluding ortho intramolecular Hbond substituents is 2. The summed E-state index contributed by atoms with van der Waals surface area (Å²) in [5.74, 6) is 2.23. The Hall–Kier alpha value is -12.2. The lowest BCUT2D eigenvalue weighted by atomic mass is 10.0. The van der Waals surface area contributed by atoms with Gasteiger partial charge in [0.25, 0.3) is 0 Å². The second-order valence-electron chi connectivity index (χ2n) is 21.8. The number of rotatable bonds is 20. The maximum absolute atomic E-state index is 11.7. The molecule has 10 aromatic carbocycles. The van der Waals surface area contributed by atoms with Crippen molar-refractivity contribution in [2.24, 2.45) is 0 Å². The number of phenols is 2. The lowest BCUT2D eigenvalue weighted by Gasteiger charge is -2.16. The number of carbonyl (C=O) groups is 2. The number of esters is 2. The number of nitrogens with zero attached hydrogens (tertiary/aromatic N) is 6. The molecule has 2 unspecified atom stereocenters. The summed E-state index contributed by atoms with van der Waals surface area (Å²) in [5.41, 5.74) is 13.2. The third-order valence-electron chi connectivity index (χ3n) is 14.8. The number of hydrogen-bond donors (Lipinski definition) is 2. The quantitative estimate of drug-likeness (QED) is 0.0541. The van der Waals surface area contributed by atoms with E-state index in [0.29, 0.717) is 63.1 Å². The van der Waals surface area contributed by atoms with E-state index in [-0.39, 0.29) is 24.7 Å². The Morgan fingerprint density at radius 3 is 0.903 bits per heavy atom. The summed E-state index contributed by atoms with van der Waals surface area (Å²) < 4.78 is 22.0. The van der Waals surface area contributed by atoms with Gasteiger partial charge in [-0.05, 0) is 89.5 Å². The van der Waals surface area contributed by atoms with Crippen molar-refractivity contribution in [3.63, 3.8) is 0 Å². The first-order valence-electron chi connectivity index (χ1n) is 30.1. The Morgan fingerprint density at radius 1 is 0.376 bits per heavy atom. The van der Waals surface area contributed by atoms with E-state index in [9.17, 15) is 19.8 Å². The van der Waals surface area contributed by atoms with Crippen LogP contribution in [-0.2, 0) is 19.1 Å². The van der Waals surface area contributed by atoms with E-state index in [4.69, 9.17) is 48.9 Å². The Morgan fingerprint density at radius 2 is 0.634 bits per heavy atom. The molecule has 93 heavy (non-hydrogen) atoms. The summed E-state index contributed by atoms with van der Waals surface area (Å²) in [6, 6.07) is 82.7. The molecule has 14 heteroatoms. The number of benzene rings is 10. The van der Waals surface area contributed by atoms with Gasteiger partial charge in [-0.15, -0.1) is 0 Å². The normalized spacial score (nSPS) is 11.4. The van der Waals surface area contributed by atoms with Crippen LogP contribution in [0, 0.1) is 0 Å². The number of ether oxygens (including phenoxy) is 4. The van der Waals surface area contributed by atoms with E-state index in [1.54, 1.807) is 45.0 Å². The second kappa shape index (κ2) is 29.4. The average molecular weight is 1230 g/mol. The lowest BCUT2D eigenvalue weighted by Crippen LogP contribution is -2.21. The summed E-state index contributed by atoms with van der Waals surface area (Å²) in [6.07, 6.45) is 0.207. The summed E-state index contributed by atoms with van der Waals surface area (Å²) in [5, 5.41) is 22.2. The van der Waals surface area contributed by atoms with Gasteiger partial charge in [-0.3, -0.25) is 0 Å². The standard InChI is InChI=1S/C40H33N3O4.C39H31N3O4/c1-26(2)40(45)46-25-27(3)47-34-22-23-35(36(44)24-34)39-42-37(32-18-14-30(15-19-32)28-10-6-4-7-11-28)41-38(43-39)33-20-16-31(17-21-33)29-12-8-5-9-13-29;1-3-36(44)45-25-26(2)46-33-22-23-34(35(43)24-33)39-41-37(31-18-14-29(15-19-31)27-10-6-4-7-11-27)40-38(42-39)32-20-16-30(17-21-32)28-12-8-5-9-13-28/h4-24,27,44H,1,25H2,2-3H3;3-24,26,43H,1,25H2,2H3. The van der Waals surface area contributed by atoms with Gasteiger partial charge in [0.2, 0.25) is 0 Å². The van der Waals surface area contributed by atoms with Crippen molar-refractivity contribution in [3.8, 4) is 136 Å². The zero-order chi connectivity index (χ0) is 64.6. The van der Waals surface area contributed by atoms with Gasteiger partial charge in [-0.25, -0.2) is 39.5 Å². The van der Waals surface area contributed by atoms with Gasteiger partial charge in [-0.2, -0.15) is 0 Å². The number of carbonyl (C=O) groups excluding carboxylic acids is 2. The first-order valence-corrected chi connectivity index (χ1v) is 30.1. The minimum Gasteiger partial charge on any atom is -0.507 e. The molecule has 458 valence electrons. The fourth-order valence-corrected chi connectivity index (χ4v) is 9.93. The molecule has 2 atom stereocenters. The zero-order valence-electron chi connectivity index (χ0n) is 51.3. The van der Waals surface area contributed by atoms with Crippen LogP contribution in [-0.4, -0.2) is 77.5 Å². The van der Waals surface area contributed by atoms with E-state index in [2.05, 4.69) is 61.7 Å². The molecule has 12 aromatic rings. The zero-order valence-corrected chi connectivity index (χ0v) is 51.3. The van der Waals surface area contributed by atoms with Gasteiger partial charge in [0, 0.05) is 46.0 Å². The van der Waals surface area contributed by atoms with Crippen molar-refractivity contribution in [2.45, 2.75) is 33.0 Å². The Kier molecular flexibility index (Phi) is 19.8. The van der Waals surface area contributed by atoms with Gasteiger partial charge < -0.3 is 29.2 Å². The Labute approximate surface area is 539 Å². The maximum Gasteiger partial charge on any atom is 0.333 e. The fraction of sp³-hybridized carbons (Fsp3) is 0.0886. The molecule has 0 aliphatic carbocycles. The van der Waals surface area contributed by atoms with Gasteiger partial charge in [0.05, 0.1) is 11.1 Å². The average Bonchev–Trinajstić information content (AvgIpc) is 0.987. The Balaban J connectivity index is 0.000000190. The third kappa shape index (κ3) is 16.0. The molecule has 0 saturated heterocycles.